The Morgan fingerprint density at radius 3 is 2.36 bits per heavy atom. The van der Waals surface area contributed by atoms with Crippen LogP contribution in [0, 0.1) is 0 Å². The Labute approximate surface area is 214 Å². The van der Waals surface area contributed by atoms with E-state index in [4.69, 9.17) is 9.47 Å². The fourth-order valence-electron chi connectivity index (χ4n) is 3.32. The molecule has 0 unspecified atom stereocenters. The van der Waals surface area contributed by atoms with Gasteiger partial charge >= 0.3 is 11.9 Å². The molecule has 0 bridgehead atoms. The summed E-state index contributed by atoms with van der Waals surface area (Å²) in [6.07, 6.45) is 7.57. The molecule has 0 saturated heterocycles. The van der Waals surface area contributed by atoms with E-state index in [2.05, 4.69) is 11.9 Å². The second-order valence-electron chi connectivity index (χ2n) is 9.28. The van der Waals surface area contributed by atoms with Gasteiger partial charge in [-0.05, 0) is 62.9 Å². The summed E-state index contributed by atoms with van der Waals surface area (Å²) in [7, 11) is 0. The van der Waals surface area contributed by atoms with E-state index in [9.17, 15) is 14.7 Å². The third kappa shape index (κ3) is 9.17. The van der Waals surface area contributed by atoms with Crippen LogP contribution in [0.15, 0.2) is 77.0 Å². The molecule has 1 N–H and O–H groups in total. The van der Waals surface area contributed by atoms with Crippen LogP contribution in [-0.4, -0.2) is 35.5 Å². The molecule has 0 radical (unpaired) electrons. The minimum Gasteiger partial charge on any atom is -0.507 e. The van der Waals surface area contributed by atoms with Crippen molar-refractivity contribution >= 4 is 18.2 Å². The first-order valence-corrected chi connectivity index (χ1v) is 12.3. The standard InChI is InChI=1S/C30H37NO5/c1-6-8-9-10-15-27(32)26(28(33)35-7-2)21-31-20-22-16-18-23(19-17-22)24-13-11-12-14-25(24)29(34)36-30(3,4)5/h10-19,21,32H,6-9,20H2,1-5H3. The smallest absolute Gasteiger partial charge is 0.343 e. The molecule has 0 spiro atoms. The minimum atomic E-state index is -0.618. The van der Waals surface area contributed by atoms with E-state index in [1.165, 1.54) is 12.3 Å². The molecule has 2 rings (SSSR count). The number of hydrogen-bond donors (Lipinski definition) is 1. The number of unbranched alkanes of at least 4 members (excludes halogenated alkanes) is 2. The molecule has 0 aromatic heterocycles. The molecule has 0 amide bonds. The molecule has 36 heavy (non-hydrogen) atoms. The highest BCUT2D eigenvalue weighted by Gasteiger charge is 2.20. The lowest BCUT2D eigenvalue weighted by Crippen LogP contribution is -2.24. The van der Waals surface area contributed by atoms with Crippen molar-refractivity contribution in [3.8, 4) is 11.1 Å². The fourth-order valence-corrected chi connectivity index (χ4v) is 3.32. The summed E-state index contributed by atoms with van der Waals surface area (Å²) >= 11 is 0. The number of hydrogen-bond acceptors (Lipinski definition) is 6. The van der Waals surface area contributed by atoms with E-state index in [1.807, 2.05) is 69.3 Å². The van der Waals surface area contributed by atoms with E-state index < -0.39 is 11.6 Å². The summed E-state index contributed by atoms with van der Waals surface area (Å²) in [6, 6.07) is 15.0. The molecule has 2 aromatic rings. The molecule has 0 heterocycles. The highest BCUT2D eigenvalue weighted by molar-refractivity contribution is 6.10. The van der Waals surface area contributed by atoms with Crippen molar-refractivity contribution in [2.45, 2.75) is 66.0 Å². The maximum atomic E-state index is 12.7. The lowest BCUT2D eigenvalue weighted by Gasteiger charge is -2.20. The predicted octanol–water partition coefficient (Wildman–Crippen LogP) is 7.00. The van der Waals surface area contributed by atoms with Gasteiger partial charge in [0.2, 0.25) is 0 Å². The van der Waals surface area contributed by atoms with E-state index >= 15 is 0 Å². The van der Waals surface area contributed by atoms with Crippen LogP contribution in [0.4, 0.5) is 0 Å². The van der Waals surface area contributed by atoms with Gasteiger partial charge in [0.05, 0.1) is 18.7 Å². The SMILES string of the molecule is CCCCC=CC(O)=C(C=NCc1ccc(-c2ccccc2C(=O)OC(C)(C)C)cc1)C(=O)OCC. The number of carbonyl (C=O) groups is 2. The van der Waals surface area contributed by atoms with Gasteiger partial charge < -0.3 is 14.6 Å². The Morgan fingerprint density at radius 1 is 1.03 bits per heavy atom. The molecule has 6 heteroatoms. The van der Waals surface area contributed by atoms with Crippen LogP contribution in [0.1, 0.15) is 69.8 Å². The van der Waals surface area contributed by atoms with Crippen molar-refractivity contribution in [3.05, 3.63) is 83.1 Å². The summed E-state index contributed by atoms with van der Waals surface area (Å²) in [5.74, 6) is -1.15. The largest absolute Gasteiger partial charge is 0.507 e. The van der Waals surface area contributed by atoms with Crippen LogP contribution in [-0.2, 0) is 20.8 Å². The van der Waals surface area contributed by atoms with Crippen LogP contribution in [0.3, 0.4) is 0 Å². The number of ether oxygens (including phenoxy) is 2. The zero-order chi connectivity index (χ0) is 26.6. The predicted molar refractivity (Wildman–Crippen MR) is 144 cm³/mol. The highest BCUT2D eigenvalue weighted by Crippen LogP contribution is 2.26. The van der Waals surface area contributed by atoms with Gasteiger partial charge in [-0.3, -0.25) is 4.99 Å². The lowest BCUT2D eigenvalue weighted by molar-refractivity contribution is -0.138. The molecule has 192 valence electrons. The topological polar surface area (TPSA) is 85.2 Å². The molecule has 2 aromatic carbocycles. The molecule has 0 fully saturated rings. The van der Waals surface area contributed by atoms with Crippen LogP contribution < -0.4 is 0 Å². The Kier molecular flexibility index (Phi) is 11.1. The van der Waals surface area contributed by atoms with Crippen LogP contribution in [0.5, 0.6) is 0 Å². The van der Waals surface area contributed by atoms with Crippen molar-refractivity contribution in [1.29, 1.82) is 0 Å². The number of aliphatic hydroxyl groups excluding tert-OH is 1. The molecule has 0 aliphatic rings. The third-order valence-electron chi connectivity index (χ3n) is 5.08. The first kappa shape index (κ1) is 28.6. The summed E-state index contributed by atoms with van der Waals surface area (Å²) in [5.41, 5.74) is 2.52. The average molecular weight is 492 g/mol. The van der Waals surface area contributed by atoms with Gasteiger partial charge in [-0.15, -0.1) is 0 Å². The Balaban J connectivity index is 2.19. The number of nitrogens with zero attached hydrogens (tertiary/aromatic N) is 1. The maximum Gasteiger partial charge on any atom is 0.343 e. The number of benzene rings is 2. The second kappa shape index (κ2) is 14.0. The Bertz CT molecular complexity index is 1100. The molecule has 0 saturated carbocycles. The Hall–Kier alpha value is -3.67. The van der Waals surface area contributed by atoms with Gasteiger partial charge in [0.15, 0.2) is 0 Å². The van der Waals surface area contributed by atoms with E-state index in [1.54, 1.807) is 13.0 Å². The molecule has 0 aliphatic carbocycles. The average Bonchev–Trinajstić information content (AvgIpc) is 2.84. The van der Waals surface area contributed by atoms with Crippen LogP contribution in [0.2, 0.25) is 0 Å². The molecule has 0 aliphatic heterocycles. The van der Waals surface area contributed by atoms with Crippen molar-refractivity contribution in [2.24, 2.45) is 4.99 Å². The quantitative estimate of drug-likeness (QED) is 0.0913. The molecule has 0 atom stereocenters. The van der Waals surface area contributed by atoms with Crippen molar-refractivity contribution < 1.29 is 24.2 Å². The number of carbonyl (C=O) groups excluding carboxylic acids is 2. The van der Waals surface area contributed by atoms with E-state index in [0.29, 0.717) is 12.1 Å². The van der Waals surface area contributed by atoms with E-state index in [-0.39, 0.29) is 23.9 Å². The van der Waals surface area contributed by atoms with Gasteiger partial charge in [-0.2, -0.15) is 0 Å². The normalized spacial score (nSPS) is 12.6. The van der Waals surface area contributed by atoms with Gasteiger partial charge in [0, 0.05) is 6.21 Å². The third-order valence-corrected chi connectivity index (χ3v) is 5.08. The molecular formula is C30H37NO5. The molecular weight excluding hydrogens is 454 g/mol. The summed E-state index contributed by atoms with van der Waals surface area (Å²) < 4.78 is 10.6. The summed E-state index contributed by atoms with van der Waals surface area (Å²) in [4.78, 5) is 29.3. The maximum absolute atomic E-state index is 12.7. The first-order valence-electron chi connectivity index (χ1n) is 12.3. The summed E-state index contributed by atoms with van der Waals surface area (Å²) in [6.45, 7) is 9.84. The van der Waals surface area contributed by atoms with Crippen molar-refractivity contribution in [3.63, 3.8) is 0 Å². The first-order chi connectivity index (χ1) is 17.2. The number of aliphatic hydroxyl groups is 1. The minimum absolute atomic E-state index is 0.0208. The number of allylic oxidation sites excluding steroid dienone is 2. The second-order valence-corrected chi connectivity index (χ2v) is 9.28. The van der Waals surface area contributed by atoms with Gasteiger partial charge in [-0.1, -0.05) is 68.3 Å². The highest BCUT2D eigenvalue weighted by atomic mass is 16.6. The van der Waals surface area contributed by atoms with Crippen molar-refractivity contribution in [1.82, 2.24) is 0 Å². The zero-order valence-corrected chi connectivity index (χ0v) is 21.9. The number of rotatable bonds is 11. The summed E-state index contributed by atoms with van der Waals surface area (Å²) in [5, 5.41) is 10.4. The monoisotopic (exact) mass is 491 g/mol. The van der Waals surface area contributed by atoms with Crippen LogP contribution in [0.25, 0.3) is 11.1 Å². The Morgan fingerprint density at radius 2 is 1.72 bits per heavy atom. The number of esters is 2. The van der Waals surface area contributed by atoms with Gasteiger partial charge in [0.25, 0.3) is 0 Å². The fraction of sp³-hybridized carbons (Fsp3) is 0.367. The number of aliphatic imine (C=N–C) groups is 1. The zero-order valence-electron chi connectivity index (χ0n) is 21.9. The van der Waals surface area contributed by atoms with E-state index in [0.717, 1.165) is 36.0 Å². The van der Waals surface area contributed by atoms with Gasteiger partial charge in [-0.25, -0.2) is 9.59 Å². The van der Waals surface area contributed by atoms with Gasteiger partial charge in [0.1, 0.15) is 16.9 Å². The van der Waals surface area contributed by atoms with Crippen molar-refractivity contribution in [2.75, 3.05) is 6.61 Å². The van der Waals surface area contributed by atoms with Crippen LogP contribution >= 0.6 is 0 Å². The lowest BCUT2D eigenvalue weighted by atomic mass is 9.98. The molecule has 6 nitrogen and oxygen atoms in total.